The van der Waals surface area contributed by atoms with Gasteiger partial charge in [-0.3, -0.25) is 0 Å². The minimum atomic E-state index is 0.511. The Morgan fingerprint density at radius 1 is 0.568 bits per heavy atom. The molecule has 0 bridgehead atoms. The van der Waals surface area contributed by atoms with Gasteiger partial charge >= 0.3 is 0 Å². The van der Waals surface area contributed by atoms with Gasteiger partial charge in [0.05, 0.1) is 28.3 Å². The van der Waals surface area contributed by atoms with Crippen LogP contribution in [-0.4, -0.2) is 16.8 Å². The number of amidine groups is 2. The molecule has 0 amide bonds. The highest BCUT2D eigenvalue weighted by atomic mass is 15.6. The minimum absolute atomic E-state index is 0.511. The standard InChI is InChI=1S/C32H23N5/c1-4-14-24(15-5-1)31(33-26-18-8-3-9-19-26)34-32(25-16-6-2-7-17-25)36-37-30-23-13-11-21-28(30)27-20-10-12-22-29(27)35-37/h1-23H. The molecule has 6 rings (SSSR count). The smallest absolute Gasteiger partial charge is 0.247 e. The fraction of sp³-hybridized carbons (Fsp3) is 0. The Balaban J connectivity index is 1.55. The van der Waals surface area contributed by atoms with Crippen LogP contribution in [0.2, 0.25) is 0 Å². The summed E-state index contributed by atoms with van der Waals surface area (Å²) in [5, 5.41) is 7.02. The lowest BCUT2D eigenvalue weighted by atomic mass is 10.1. The van der Waals surface area contributed by atoms with E-state index in [1.807, 2.05) is 127 Å². The van der Waals surface area contributed by atoms with Crippen molar-refractivity contribution in [2.75, 3.05) is 0 Å². The van der Waals surface area contributed by atoms with Crippen molar-refractivity contribution < 1.29 is 4.79 Å². The van der Waals surface area contributed by atoms with Crippen molar-refractivity contribution in [2.45, 2.75) is 0 Å². The van der Waals surface area contributed by atoms with Gasteiger partial charge in [0.15, 0.2) is 0 Å². The van der Waals surface area contributed by atoms with Crippen LogP contribution >= 0.6 is 0 Å². The topological polar surface area (TPSA) is 55.6 Å². The van der Waals surface area contributed by atoms with Crippen molar-refractivity contribution >= 4 is 39.2 Å². The van der Waals surface area contributed by atoms with Crippen LogP contribution in [0.4, 0.5) is 5.69 Å². The fourth-order valence-electron chi connectivity index (χ4n) is 4.18. The van der Waals surface area contributed by atoms with Crippen molar-refractivity contribution in [3.63, 3.8) is 0 Å². The van der Waals surface area contributed by atoms with E-state index in [-0.39, 0.29) is 0 Å². The Morgan fingerprint density at radius 2 is 1.14 bits per heavy atom. The maximum Gasteiger partial charge on any atom is 0.247 e. The SMILES string of the molecule is c1ccc(N=C(N=C([N-][n+]2nc3ccccc3c3ccccc32)c2ccccc2)c2ccccc2)cc1. The van der Waals surface area contributed by atoms with Gasteiger partial charge in [0.25, 0.3) is 0 Å². The maximum absolute atomic E-state index is 5.03. The monoisotopic (exact) mass is 477 g/mol. The third-order valence-corrected chi connectivity index (χ3v) is 5.97. The summed E-state index contributed by atoms with van der Waals surface area (Å²) in [6.07, 6.45) is 0. The summed E-state index contributed by atoms with van der Waals surface area (Å²) in [6, 6.07) is 46.0. The zero-order valence-electron chi connectivity index (χ0n) is 20.0. The normalized spacial score (nSPS) is 12.1. The van der Waals surface area contributed by atoms with Gasteiger partial charge in [-0.15, -0.1) is 10.5 Å². The first-order chi connectivity index (χ1) is 18.3. The molecule has 0 N–H and O–H groups in total. The highest BCUT2D eigenvalue weighted by molar-refractivity contribution is 6.16. The Kier molecular flexibility index (Phi) is 6.16. The first-order valence-corrected chi connectivity index (χ1v) is 12.1. The van der Waals surface area contributed by atoms with Crippen LogP contribution in [0.25, 0.3) is 27.2 Å². The van der Waals surface area contributed by atoms with Gasteiger partial charge < -0.3 is 4.99 Å². The molecule has 6 aromatic rings. The first kappa shape index (κ1) is 22.3. The van der Waals surface area contributed by atoms with Crippen molar-refractivity contribution in [3.8, 4) is 0 Å². The lowest BCUT2D eigenvalue weighted by Crippen LogP contribution is -2.38. The molecule has 0 radical (unpaired) electrons. The van der Waals surface area contributed by atoms with Crippen LogP contribution < -0.4 is 4.79 Å². The number of para-hydroxylation sites is 2. The number of aromatic nitrogens is 2. The summed E-state index contributed by atoms with van der Waals surface area (Å²) in [6.45, 7) is 0. The second kappa shape index (κ2) is 10.2. The van der Waals surface area contributed by atoms with Gasteiger partial charge in [0.2, 0.25) is 5.52 Å². The van der Waals surface area contributed by atoms with Crippen molar-refractivity contribution in [2.24, 2.45) is 9.98 Å². The molecule has 0 saturated carbocycles. The third kappa shape index (κ3) is 4.83. The molecule has 0 fully saturated rings. The van der Waals surface area contributed by atoms with Crippen molar-refractivity contribution in [1.29, 1.82) is 0 Å². The molecule has 0 aliphatic carbocycles. The molecule has 0 atom stereocenters. The molecular formula is C32H23N5. The summed E-state index contributed by atoms with van der Waals surface area (Å²) in [4.78, 5) is 11.6. The van der Waals surface area contributed by atoms with E-state index in [0.717, 1.165) is 38.6 Å². The second-order valence-electron chi connectivity index (χ2n) is 8.46. The molecule has 5 nitrogen and oxygen atoms in total. The number of hydrogen-bond acceptors (Lipinski definition) is 2. The van der Waals surface area contributed by atoms with Gasteiger partial charge in [0, 0.05) is 17.0 Å². The molecule has 37 heavy (non-hydrogen) atoms. The second-order valence-corrected chi connectivity index (χ2v) is 8.46. The van der Waals surface area contributed by atoms with E-state index in [1.54, 1.807) is 4.79 Å². The Morgan fingerprint density at radius 3 is 1.86 bits per heavy atom. The summed E-state index contributed by atoms with van der Waals surface area (Å²) >= 11 is 0. The van der Waals surface area contributed by atoms with Crippen LogP contribution in [0.1, 0.15) is 11.1 Å². The highest BCUT2D eigenvalue weighted by Gasteiger charge is 2.14. The fourth-order valence-corrected chi connectivity index (χ4v) is 4.18. The molecule has 0 aliphatic rings. The third-order valence-electron chi connectivity index (χ3n) is 5.97. The van der Waals surface area contributed by atoms with E-state index < -0.39 is 0 Å². The van der Waals surface area contributed by atoms with E-state index in [9.17, 15) is 0 Å². The van der Waals surface area contributed by atoms with Gasteiger partial charge in [0.1, 0.15) is 0 Å². The van der Waals surface area contributed by atoms with Gasteiger partial charge in [-0.1, -0.05) is 114 Å². The maximum atomic E-state index is 5.03. The van der Waals surface area contributed by atoms with E-state index in [1.165, 1.54) is 0 Å². The molecule has 0 spiro atoms. The molecule has 0 aliphatic heterocycles. The van der Waals surface area contributed by atoms with Gasteiger partial charge in [-0.2, -0.15) is 0 Å². The van der Waals surface area contributed by atoms with E-state index in [2.05, 4.69) is 12.1 Å². The van der Waals surface area contributed by atoms with E-state index >= 15 is 0 Å². The number of hydrogen-bond donors (Lipinski definition) is 0. The van der Waals surface area contributed by atoms with Crippen LogP contribution in [0.15, 0.2) is 150 Å². The van der Waals surface area contributed by atoms with Gasteiger partial charge in [-0.25, -0.2) is 4.99 Å². The molecular weight excluding hydrogens is 454 g/mol. The van der Waals surface area contributed by atoms with Crippen LogP contribution in [0.3, 0.4) is 0 Å². The quantitative estimate of drug-likeness (QED) is 0.116. The highest BCUT2D eigenvalue weighted by Crippen LogP contribution is 2.22. The average Bonchev–Trinajstić information content (AvgIpc) is 2.98. The number of fused-ring (bicyclic) bond motifs is 3. The number of benzene rings is 5. The summed E-state index contributed by atoms with van der Waals surface area (Å²) < 4.78 is 0. The molecule has 1 heterocycles. The summed E-state index contributed by atoms with van der Waals surface area (Å²) in [7, 11) is 0. The molecule has 0 unspecified atom stereocenters. The Labute approximate surface area is 215 Å². The van der Waals surface area contributed by atoms with Crippen molar-refractivity contribution in [1.82, 2.24) is 5.10 Å². The predicted octanol–water partition coefficient (Wildman–Crippen LogP) is 7.04. The molecule has 5 aromatic carbocycles. The van der Waals surface area contributed by atoms with E-state index in [4.69, 9.17) is 20.5 Å². The molecule has 1 aromatic heterocycles. The largest absolute Gasteiger partial charge is 0.338 e. The molecule has 5 heteroatoms. The molecule has 176 valence electrons. The first-order valence-electron chi connectivity index (χ1n) is 12.1. The zero-order valence-corrected chi connectivity index (χ0v) is 20.0. The average molecular weight is 478 g/mol. The Hall–Kier alpha value is -5.16. The van der Waals surface area contributed by atoms with E-state index in [0.29, 0.717) is 11.7 Å². The number of aliphatic imine (C=N–C) groups is 2. The molecule has 0 saturated heterocycles. The minimum Gasteiger partial charge on any atom is -0.338 e. The number of nitrogens with zero attached hydrogens (tertiary/aromatic N) is 5. The summed E-state index contributed by atoms with van der Waals surface area (Å²) in [5.41, 5.74) is 9.33. The Bertz CT molecular complexity index is 1730. The lowest BCUT2D eigenvalue weighted by Gasteiger charge is -2.14. The van der Waals surface area contributed by atoms with Crippen molar-refractivity contribution in [3.05, 3.63) is 156 Å². The predicted molar refractivity (Wildman–Crippen MR) is 150 cm³/mol. The van der Waals surface area contributed by atoms with Crippen LogP contribution in [-0.2, 0) is 0 Å². The number of rotatable bonds is 4. The lowest BCUT2D eigenvalue weighted by molar-refractivity contribution is -0.650. The van der Waals surface area contributed by atoms with Crippen LogP contribution in [0.5, 0.6) is 0 Å². The van der Waals surface area contributed by atoms with Gasteiger partial charge in [-0.05, 0) is 29.8 Å². The summed E-state index contributed by atoms with van der Waals surface area (Å²) in [5.74, 6) is 1.08. The zero-order chi connectivity index (χ0) is 24.9. The van der Waals surface area contributed by atoms with Crippen LogP contribution in [0, 0.1) is 0 Å².